The SMILES string of the molecule is Cc1cc(C)c(N=Nc2c(O)n(-c3ccccc3)n(-c3ccccc3)c2=O)c([N+](=O)[O-])c1. The molecule has 9 nitrogen and oxygen atoms in total. The maximum atomic E-state index is 13.3. The van der Waals surface area contributed by atoms with Crippen molar-refractivity contribution in [2.45, 2.75) is 13.8 Å². The van der Waals surface area contributed by atoms with Crippen LogP contribution in [0.1, 0.15) is 11.1 Å². The summed E-state index contributed by atoms with van der Waals surface area (Å²) in [4.78, 5) is 24.2. The number of azo groups is 1. The van der Waals surface area contributed by atoms with Gasteiger partial charge >= 0.3 is 5.56 Å². The maximum absolute atomic E-state index is 13.3. The molecule has 4 aromatic rings. The Hall–Kier alpha value is -4.53. The van der Waals surface area contributed by atoms with Crippen LogP contribution in [0.5, 0.6) is 5.88 Å². The fourth-order valence-electron chi connectivity index (χ4n) is 3.49. The summed E-state index contributed by atoms with van der Waals surface area (Å²) in [5.74, 6) is -0.429. The molecule has 3 aromatic carbocycles. The van der Waals surface area contributed by atoms with E-state index in [1.807, 2.05) is 12.1 Å². The first-order valence-electron chi connectivity index (χ1n) is 9.73. The van der Waals surface area contributed by atoms with Gasteiger partial charge in [-0.25, -0.2) is 9.36 Å². The molecule has 0 fully saturated rings. The second-order valence-electron chi connectivity index (χ2n) is 7.18. The van der Waals surface area contributed by atoms with Gasteiger partial charge in [0, 0.05) is 6.07 Å². The second kappa shape index (κ2) is 8.31. The Kier molecular flexibility index (Phi) is 5.38. The fraction of sp³-hybridized carbons (Fsp3) is 0.0870. The molecule has 32 heavy (non-hydrogen) atoms. The van der Waals surface area contributed by atoms with Crippen molar-refractivity contribution in [1.82, 2.24) is 9.36 Å². The molecule has 0 amide bonds. The fourth-order valence-corrected chi connectivity index (χ4v) is 3.49. The van der Waals surface area contributed by atoms with E-state index in [4.69, 9.17) is 0 Å². The zero-order valence-electron chi connectivity index (χ0n) is 17.3. The Morgan fingerprint density at radius 3 is 1.94 bits per heavy atom. The Morgan fingerprint density at radius 1 is 0.844 bits per heavy atom. The number of nitrogens with zero attached hydrogens (tertiary/aromatic N) is 5. The van der Waals surface area contributed by atoms with Gasteiger partial charge in [0.25, 0.3) is 5.69 Å². The van der Waals surface area contributed by atoms with Gasteiger partial charge in [-0.3, -0.25) is 14.9 Å². The Bertz CT molecular complexity index is 1390. The lowest BCUT2D eigenvalue weighted by Crippen LogP contribution is -2.20. The van der Waals surface area contributed by atoms with E-state index in [9.17, 15) is 20.0 Å². The van der Waals surface area contributed by atoms with E-state index in [-0.39, 0.29) is 17.1 Å². The minimum absolute atomic E-state index is 0.0260. The zero-order chi connectivity index (χ0) is 22.8. The van der Waals surface area contributed by atoms with Crippen molar-refractivity contribution in [2.24, 2.45) is 10.2 Å². The molecule has 0 atom stereocenters. The lowest BCUT2D eigenvalue weighted by atomic mass is 10.1. The normalized spacial score (nSPS) is 11.2. The first kappa shape index (κ1) is 20.7. The van der Waals surface area contributed by atoms with Crippen LogP contribution < -0.4 is 5.56 Å². The van der Waals surface area contributed by atoms with E-state index in [0.717, 1.165) is 0 Å². The van der Waals surface area contributed by atoms with E-state index in [0.29, 0.717) is 22.5 Å². The Morgan fingerprint density at radius 2 is 1.38 bits per heavy atom. The largest absolute Gasteiger partial charge is 0.492 e. The van der Waals surface area contributed by atoms with Gasteiger partial charge in [0.15, 0.2) is 5.69 Å². The highest BCUT2D eigenvalue weighted by Gasteiger charge is 2.23. The van der Waals surface area contributed by atoms with Gasteiger partial charge < -0.3 is 5.11 Å². The van der Waals surface area contributed by atoms with Crippen LogP contribution in [0.4, 0.5) is 17.1 Å². The molecule has 0 saturated carbocycles. The van der Waals surface area contributed by atoms with Gasteiger partial charge in [-0.1, -0.05) is 42.5 Å². The predicted octanol–water partition coefficient (Wildman–Crippen LogP) is 5.27. The molecule has 0 aliphatic carbocycles. The van der Waals surface area contributed by atoms with Crippen molar-refractivity contribution in [3.8, 4) is 17.3 Å². The van der Waals surface area contributed by atoms with Crippen LogP contribution in [0.2, 0.25) is 0 Å². The predicted molar refractivity (Wildman–Crippen MR) is 120 cm³/mol. The van der Waals surface area contributed by atoms with E-state index >= 15 is 0 Å². The third-order valence-corrected chi connectivity index (χ3v) is 4.88. The average Bonchev–Trinajstić information content (AvgIpc) is 3.03. The third-order valence-electron chi connectivity index (χ3n) is 4.88. The smallest absolute Gasteiger partial charge is 0.303 e. The van der Waals surface area contributed by atoms with Crippen LogP contribution in [0, 0.1) is 24.0 Å². The van der Waals surface area contributed by atoms with Crippen LogP contribution in [-0.2, 0) is 0 Å². The standard InChI is InChI=1S/C23H19N5O4/c1-15-13-16(2)20(19(14-15)28(31)32)24-25-21-22(29)26(17-9-5-3-6-10-17)27(23(21)30)18-11-7-4-8-12-18/h3-14,29H,1-2H3. The quantitative estimate of drug-likeness (QED) is 0.264. The number of aromatic hydroxyl groups is 1. The summed E-state index contributed by atoms with van der Waals surface area (Å²) in [6, 6.07) is 20.7. The number of hydrogen-bond acceptors (Lipinski definition) is 6. The summed E-state index contributed by atoms with van der Waals surface area (Å²) in [6.07, 6.45) is 0. The lowest BCUT2D eigenvalue weighted by Gasteiger charge is -2.12. The topological polar surface area (TPSA) is 115 Å². The molecule has 0 aliphatic heterocycles. The lowest BCUT2D eigenvalue weighted by molar-refractivity contribution is -0.384. The highest BCUT2D eigenvalue weighted by molar-refractivity contribution is 5.64. The molecule has 1 N–H and O–H groups in total. The maximum Gasteiger partial charge on any atom is 0.303 e. The van der Waals surface area contributed by atoms with Crippen molar-refractivity contribution in [2.75, 3.05) is 0 Å². The van der Waals surface area contributed by atoms with E-state index in [1.165, 1.54) is 15.4 Å². The summed E-state index contributed by atoms with van der Waals surface area (Å²) in [5.41, 5.74) is 1.14. The van der Waals surface area contributed by atoms with Gasteiger partial charge in [0.2, 0.25) is 11.6 Å². The first-order valence-corrected chi connectivity index (χ1v) is 9.73. The molecule has 0 spiro atoms. The molecule has 0 aliphatic rings. The molecule has 160 valence electrons. The zero-order valence-corrected chi connectivity index (χ0v) is 17.3. The van der Waals surface area contributed by atoms with Crippen molar-refractivity contribution < 1.29 is 10.0 Å². The molecule has 4 rings (SSSR count). The molecule has 1 aromatic heterocycles. The number of aryl methyl sites for hydroxylation is 2. The minimum Gasteiger partial charge on any atom is -0.492 e. The molecule has 0 bridgehead atoms. The summed E-state index contributed by atoms with van der Waals surface area (Å²) in [5, 5.41) is 30.4. The van der Waals surface area contributed by atoms with Gasteiger partial charge in [0.1, 0.15) is 0 Å². The van der Waals surface area contributed by atoms with Crippen molar-refractivity contribution in [3.05, 3.63) is 104 Å². The number of nitro benzene ring substituents is 1. The molecule has 0 unspecified atom stereocenters. The number of para-hydroxylation sites is 2. The Labute approximate surface area is 182 Å². The second-order valence-corrected chi connectivity index (χ2v) is 7.18. The van der Waals surface area contributed by atoms with Gasteiger partial charge in [-0.2, -0.15) is 0 Å². The molecular formula is C23H19N5O4. The van der Waals surface area contributed by atoms with Crippen LogP contribution in [0.25, 0.3) is 11.4 Å². The average molecular weight is 429 g/mol. The first-order chi connectivity index (χ1) is 15.4. The number of rotatable bonds is 5. The molecule has 0 saturated heterocycles. The van der Waals surface area contributed by atoms with E-state index in [1.54, 1.807) is 68.4 Å². The Balaban J connectivity index is 1.94. The number of nitro groups is 1. The van der Waals surface area contributed by atoms with Crippen molar-refractivity contribution >= 4 is 17.1 Å². The molecular weight excluding hydrogens is 410 g/mol. The summed E-state index contributed by atoms with van der Waals surface area (Å²) < 4.78 is 2.60. The minimum atomic E-state index is -0.617. The van der Waals surface area contributed by atoms with Gasteiger partial charge in [-0.05, 0) is 49.2 Å². The van der Waals surface area contributed by atoms with Crippen molar-refractivity contribution in [3.63, 3.8) is 0 Å². The molecule has 1 heterocycles. The third kappa shape index (κ3) is 3.67. The van der Waals surface area contributed by atoms with Crippen LogP contribution >= 0.6 is 0 Å². The highest BCUT2D eigenvalue weighted by atomic mass is 16.6. The highest BCUT2D eigenvalue weighted by Crippen LogP contribution is 2.35. The van der Waals surface area contributed by atoms with Crippen LogP contribution in [0.15, 0.2) is 87.8 Å². The van der Waals surface area contributed by atoms with Crippen LogP contribution in [0.3, 0.4) is 0 Å². The molecule has 9 heteroatoms. The number of hydrogen-bond donors (Lipinski definition) is 1. The van der Waals surface area contributed by atoms with Gasteiger partial charge in [-0.15, -0.1) is 10.2 Å². The number of benzene rings is 3. The van der Waals surface area contributed by atoms with E-state index < -0.39 is 16.4 Å². The number of aromatic nitrogens is 2. The monoisotopic (exact) mass is 429 g/mol. The molecule has 0 radical (unpaired) electrons. The van der Waals surface area contributed by atoms with Crippen LogP contribution in [-0.4, -0.2) is 19.4 Å². The summed E-state index contributed by atoms with van der Waals surface area (Å²) in [7, 11) is 0. The van der Waals surface area contributed by atoms with Crippen molar-refractivity contribution in [1.29, 1.82) is 0 Å². The van der Waals surface area contributed by atoms with Gasteiger partial charge in [0.05, 0.1) is 16.3 Å². The summed E-state index contributed by atoms with van der Waals surface area (Å²) in [6.45, 7) is 3.41. The van der Waals surface area contributed by atoms with E-state index in [2.05, 4.69) is 10.2 Å². The summed E-state index contributed by atoms with van der Waals surface area (Å²) >= 11 is 0.